The molecule has 2 aromatic rings. The highest BCUT2D eigenvalue weighted by atomic mass is 35.5. The van der Waals surface area contributed by atoms with Crippen molar-refractivity contribution in [2.45, 2.75) is 6.42 Å². The number of rotatable bonds is 1. The van der Waals surface area contributed by atoms with Crippen molar-refractivity contribution in [2.75, 3.05) is 11.4 Å². The molecule has 1 amide bonds. The molecule has 19 heavy (non-hydrogen) atoms. The maximum Gasteiger partial charge on any atom is 0.261 e. The maximum absolute atomic E-state index is 13.8. The van der Waals surface area contributed by atoms with Gasteiger partial charge in [-0.15, -0.1) is 0 Å². The molecule has 0 spiro atoms. The molecule has 0 N–H and O–H groups in total. The molecule has 3 nitrogen and oxygen atoms in total. The van der Waals surface area contributed by atoms with Crippen LogP contribution in [0.1, 0.15) is 15.9 Å². The summed E-state index contributed by atoms with van der Waals surface area (Å²) in [5.41, 5.74) is 1.88. The molecule has 0 saturated carbocycles. The predicted octanol–water partition coefficient (Wildman–Crippen LogP) is 3.08. The molecule has 0 radical (unpaired) electrons. The van der Waals surface area contributed by atoms with Crippen LogP contribution in [0.25, 0.3) is 0 Å². The van der Waals surface area contributed by atoms with Gasteiger partial charge in [-0.2, -0.15) is 0 Å². The number of aromatic nitrogens is 1. The second-order valence-electron chi connectivity index (χ2n) is 4.30. The Balaban J connectivity index is 2.00. The lowest BCUT2D eigenvalue weighted by molar-refractivity contribution is 0.0985. The minimum absolute atomic E-state index is 0.0447. The van der Waals surface area contributed by atoms with E-state index in [0.717, 1.165) is 17.7 Å². The number of fused-ring (bicyclic) bond motifs is 1. The molecule has 0 bridgehead atoms. The number of pyridine rings is 1. The first-order chi connectivity index (χ1) is 9.18. The van der Waals surface area contributed by atoms with Gasteiger partial charge in [-0.1, -0.05) is 29.8 Å². The molecule has 0 atom stereocenters. The Morgan fingerprint density at radius 3 is 2.95 bits per heavy atom. The Morgan fingerprint density at radius 2 is 2.11 bits per heavy atom. The Hall–Kier alpha value is -1.94. The van der Waals surface area contributed by atoms with Crippen LogP contribution in [0.5, 0.6) is 0 Å². The minimum Gasteiger partial charge on any atom is -0.308 e. The molecule has 1 aromatic carbocycles. The van der Waals surface area contributed by atoms with Gasteiger partial charge in [-0.05, 0) is 24.1 Å². The van der Waals surface area contributed by atoms with E-state index in [-0.39, 0.29) is 16.6 Å². The van der Waals surface area contributed by atoms with E-state index in [1.807, 2.05) is 24.3 Å². The number of anilines is 1. The number of carbonyl (C=O) groups excluding carboxylic acids is 1. The normalized spacial score (nSPS) is 13.5. The van der Waals surface area contributed by atoms with E-state index in [1.54, 1.807) is 4.90 Å². The van der Waals surface area contributed by atoms with Gasteiger partial charge in [-0.25, -0.2) is 9.37 Å². The van der Waals surface area contributed by atoms with Crippen LogP contribution in [0.2, 0.25) is 5.15 Å². The SMILES string of the molecule is O=C(c1ccnc(Cl)c1F)N1CCc2ccccc21. The second-order valence-corrected chi connectivity index (χ2v) is 4.66. The Labute approximate surface area is 114 Å². The zero-order valence-corrected chi connectivity index (χ0v) is 10.7. The van der Waals surface area contributed by atoms with E-state index in [4.69, 9.17) is 11.6 Å². The summed E-state index contributed by atoms with van der Waals surface area (Å²) < 4.78 is 13.8. The van der Waals surface area contributed by atoms with Gasteiger partial charge < -0.3 is 4.90 Å². The van der Waals surface area contributed by atoms with Crippen LogP contribution in [0.4, 0.5) is 10.1 Å². The smallest absolute Gasteiger partial charge is 0.261 e. The summed E-state index contributed by atoms with van der Waals surface area (Å²) in [5, 5.41) is -0.279. The predicted molar refractivity (Wildman–Crippen MR) is 71.0 cm³/mol. The molecule has 96 valence electrons. The Bertz CT molecular complexity index is 660. The molecule has 0 unspecified atom stereocenters. The van der Waals surface area contributed by atoms with Crippen molar-refractivity contribution in [3.63, 3.8) is 0 Å². The molecule has 0 fully saturated rings. The van der Waals surface area contributed by atoms with Gasteiger partial charge >= 0.3 is 0 Å². The summed E-state index contributed by atoms with van der Waals surface area (Å²) in [7, 11) is 0. The monoisotopic (exact) mass is 276 g/mol. The molecule has 0 saturated heterocycles. The fourth-order valence-electron chi connectivity index (χ4n) is 2.28. The maximum atomic E-state index is 13.8. The van der Waals surface area contributed by atoms with E-state index < -0.39 is 5.82 Å². The average Bonchev–Trinajstić information content (AvgIpc) is 2.85. The lowest BCUT2D eigenvalue weighted by atomic mass is 10.2. The van der Waals surface area contributed by atoms with Crippen molar-refractivity contribution >= 4 is 23.2 Å². The standard InChI is InChI=1S/C14H10ClFN2O/c15-13-12(16)10(5-7-17-13)14(19)18-8-6-9-3-1-2-4-11(9)18/h1-5,7H,6,8H2. The van der Waals surface area contributed by atoms with Crippen LogP contribution in [0.15, 0.2) is 36.5 Å². The van der Waals surface area contributed by atoms with Crippen LogP contribution >= 0.6 is 11.6 Å². The van der Waals surface area contributed by atoms with Crippen LogP contribution < -0.4 is 4.90 Å². The topological polar surface area (TPSA) is 33.2 Å². The van der Waals surface area contributed by atoms with Crippen molar-refractivity contribution in [1.82, 2.24) is 4.98 Å². The third kappa shape index (κ3) is 1.98. The van der Waals surface area contributed by atoms with Gasteiger partial charge in [0.15, 0.2) is 11.0 Å². The minimum atomic E-state index is -0.765. The number of para-hydroxylation sites is 1. The summed E-state index contributed by atoms with van der Waals surface area (Å²) in [5.74, 6) is -1.15. The highest BCUT2D eigenvalue weighted by Crippen LogP contribution is 2.29. The van der Waals surface area contributed by atoms with E-state index in [9.17, 15) is 9.18 Å². The number of amides is 1. The Kier molecular flexibility index (Phi) is 2.95. The van der Waals surface area contributed by atoms with E-state index in [0.29, 0.717) is 6.54 Å². The van der Waals surface area contributed by atoms with Crippen LogP contribution in [-0.2, 0) is 6.42 Å². The van der Waals surface area contributed by atoms with Gasteiger partial charge in [0.2, 0.25) is 0 Å². The molecule has 2 heterocycles. The van der Waals surface area contributed by atoms with Crippen molar-refractivity contribution in [1.29, 1.82) is 0 Å². The third-order valence-electron chi connectivity index (χ3n) is 3.21. The zero-order valence-electron chi connectivity index (χ0n) is 9.94. The number of carbonyl (C=O) groups is 1. The molecule has 5 heteroatoms. The van der Waals surface area contributed by atoms with Crippen molar-refractivity contribution in [3.05, 3.63) is 58.6 Å². The summed E-state index contributed by atoms with van der Waals surface area (Å²) >= 11 is 5.61. The van der Waals surface area contributed by atoms with Gasteiger partial charge in [0.05, 0.1) is 5.56 Å². The van der Waals surface area contributed by atoms with Crippen molar-refractivity contribution in [2.24, 2.45) is 0 Å². The fourth-order valence-corrected chi connectivity index (χ4v) is 2.44. The lowest BCUT2D eigenvalue weighted by Crippen LogP contribution is -2.29. The number of nitrogens with zero attached hydrogens (tertiary/aromatic N) is 2. The number of benzene rings is 1. The first-order valence-corrected chi connectivity index (χ1v) is 6.26. The van der Waals surface area contributed by atoms with E-state index in [1.165, 1.54) is 12.3 Å². The van der Waals surface area contributed by atoms with Crippen molar-refractivity contribution in [3.8, 4) is 0 Å². The van der Waals surface area contributed by atoms with Crippen LogP contribution in [0, 0.1) is 5.82 Å². The molecular formula is C14H10ClFN2O. The molecule has 1 aromatic heterocycles. The first kappa shape index (κ1) is 12.1. The van der Waals surface area contributed by atoms with E-state index in [2.05, 4.69) is 4.98 Å². The lowest BCUT2D eigenvalue weighted by Gasteiger charge is -2.17. The quantitative estimate of drug-likeness (QED) is 0.750. The number of halogens is 2. The molecule has 1 aliphatic heterocycles. The number of hydrogen-bond donors (Lipinski definition) is 0. The highest BCUT2D eigenvalue weighted by Gasteiger charge is 2.27. The summed E-state index contributed by atoms with van der Waals surface area (Å²) in [6, 6.07) is 8.97. The molecular weight excluding hydrogens is 267 g/mol. The highest BCUT2D eigenvalue weighted by molar-refractivity contribution is 6.30. The van der Waals surface area contributed by atoms with Crippen molar-refractivity contribution < 1.29 is 9.18 Å². The molecule has 3 rings (SSSR count). The van der Waals surface area contributed by atoms with Crippen LogP contribution in [-0.4, -0.2) is 17.4 Å². The summed E-state index contributed by atoms with van der Waals surface area (Å²) in [4.78, 5) is 17.6. The van der Waals surface area contributed by atoms with Gasteiger partial charge in [0.1, 0.15) is 0 Å². The second kappa shape index (κ2) is 4.63. The third-order valence-corrected chi connectivity index (χ3v) is 3.47. The summed E-state index contributed by atoms with van der Waals surface area (Å²) in [6.45, 7) is 0.553. The fraction of sp³-hybridized carbons (Fsp3) is 0.143. The van der Waals surface area contributed by atoms with Crippen LogP contribution in [0.3, 0.4) is 0 Å². The summed E-state index contributed by atoms with van der Waals surface area (Å²) in [6.07, 6.45) is 2.11. The van der Waals surface area contributed by atoms with Gasteiger partial charge in [0, 0.05) is 18.4 Å². The van der Waals surface area contributed by atoms with Gasteiger partial charge in [-0.3, -0.25) is 4.79 Å². The Morgan fingerprint density at radius 1 is 1.32 bits per heavy atom. The molecule has 0 aliphatic carbocycles. The first-order valence-electron chi connectivity index (χ1n) is 5.88. The molecule has 1 aliphatic rings. The largest absolute Gasteiger partial charge is 0.308 e. The van der Waals surface area contributed by atoms with Gasteiger partial charge in [0.25, 0.3) is 5.91 Å². The number of hydrogen-bond acceptors (Lipinski definition) is 2. The zero-order chi connectivity index (χ0) is 13.4. The van der Waals surface area contributed by atoms with E-state index >= 15 is 0 Å². The average molecular weight is 277 g/mol.